The quantitative estimate of drug-likeness (QED) is 0.148. The molecule has 4 aromatic rings. The molecule has 4 rings (SSSR count). The molecule has 0 aliphatic carbocycles. The van der Waals surface area contributed by atoms with Crippen molar-refractivity contribution in [3.8, 4) is 34.0 Å². The van der Waals surface area contributed by atoms with Gasteiger partial charge in [0.15, 0.2) is 0 Å². The van der Waals surface area contributed by atoms with Gasteiger partial charge < -0.3 is 26.7 Å². The van der Waals surface area contributed by atoms with Crippen molar-refractivity contribution in [1.29, 1.82) is 5.41 Å². The normalized spacial score (nSPS) is 11.4. The third-order valence-corrected chi connectivity index (χ3v) is 6.54. The molecule has 0 fully saturated rings. The molecule has 10 N–H and O–H groups in total. The van der Waals surface area contributed by atoms with Crippen LogP contribution in [0.3, 0.4) is 0 Å². The lowest BCUT2D eigenvalue weighted by Crippen LogP contribution is -2.37. The highest BCUT2D eigenvalue weighted by molar-refractivity contribution is 7.89. The van der Waals surface area contributed by atoms with Crippen molar-refractivity contribution in [2.24, 2.45) is 16.6 Å². The second-order valence-electron chi connectivity index (χ2n) is 8.08. The Labute approximate surface area is 209 Å². The van der Waals surface area contributed by atoms with E-state index in [9.17, 15) is 28.2 Å². The summed E-state index contributed by atoms with van der Waals surface area (Å²) in [6.45, 7) is 0. The number of sulfonamides is 1. The fraction of sp³-hybridized carbons (Fsp3) is 0.0435. The van der Waals surface area contributed by atoms with Gasteiger partial charge >= 0.3 is 6.03 Å². The topological polar surface area (TPSA) is 243 Å². The smallest absolute Gasteiger partial charge is 0.321 e. The van der Waals surface area contributed by atoms with E-state index in [4.69, 9.17) is 22.0 Å². The van der Waals surface area contributed by atoms with Crippen LogP contribution in [0.25, 0.3) is 33.5 Å². The Bertz CT molecular complexity index is 1730. The molecular weight excluding hydrogens is 502 g/mol. The first kappa shape index (κ1) is 25.2. The van der Waals surface area contributed by atoms with Gasteiger partial charge in [0.2, 0.25) is 10.0 Å². The number of amides is 3. The molecule has 0 radical (unpaired) electrons. The number of hydrogen-bond donors (Lipinski definition) is 7. The number of fused-ring (bicyclic) bond motifs is 1. The fourth-order valence-electron chi connectivity index (χ4n) is 3.65. The molecule has 0 spiro atoms. The minimum absolute atomic E-state index is 0.0142. The number of carbonyl (C=O) groups excluding carboxylic acids is 2. The van der Waals surface area contributed by atoms with Crippen LogP contribution in [0.5, 0.6) is 11.5 Å². The summed E-state index contributed by atoms with van der Waals surface area (Å²) in [5, 5.41) is 34.5. The van der Waals surface area contributed by atoms with Crippen molar-refractivity contribution >= 4 is 38.8 Å². The average Bonchev–Trinajstić information content (AvgIpc) is 3.26. The number of nitrogen functional groups attached to an aromatic ring is 1. The monoisotopic (exact) mass is 523 g/mol. The number of H-pyrrole nitrogens is 1. The second kappa shape index (κ2) is 8.92. The van der Waals surface area contributed by atoms with E-state index < -0.39 is 33.5 Å². The van der Waals surface area contributed by atoms with E-state index in [0.717, 1.165) is 25.2 Å². The van der Waals surface area contributed by atoms with Crippen LogP contribution >= 0.6 is 0 Å². The van der Waals surface area contributed by atoms with Gasteiger partial charge in [-0.1, -0.05) is 0 Å². The van der Waals surface area contributed by atoms with Crippen molar-refractivity contribution in [3.63, 3.8) is 0 Å². The van der Waals surface area contributed by atoms with Crippen molar-refractivity contribution in [1.82, 2.24) is 14.9 Å². The summed E-state index contributed by atoms with van der Waals surface area (Å²) in [6, 6.07) is 9.32. The number of nitrogens with zero attached hydrogens (tertiary/aromatic N) is 2. The Morgan fingerprint density at radius 2 is 1.65 bits per heavy atom. The first-order valence-corrected chi connectivity index (χ1v) is 12.0. The summed E-state index contributed by atoms with van der Waals surface area (Å²) in [6.07, 6.45) is 0. The fourth-order valence-corrected chi connectivity index (χ4v) is 4.19. The van der Waals surface area contributed by atoms with E-state index in [1.165, 1.54) is 12.1 Å². The van der Waals surface area contributed by atoms with Crippen molar-refractivity contribution < 1.29 is 28.2 Å². The van der Waals surface area contributed by atoms with Crippen LogP contribution in [0.1, 0.15) is 15.9 Å². The van der Waals surface area contributed by atoms with E-state index in [1.807, 2.05) is 0 Å². The maximum atomic E-state index is 13.0. The standard InChI is InChI=1S/C23H21N7O6S/c1-30(23(26)34)22(33)11-6-14(13-9-12(37(27,35)36)3-5-18(13)31)19(32)15(7-11)21-28-16-4-2-10(20(24)25)8-17(16)29-21/h2-9,31-32H,1H3,(H3,24,25)(H2,26,34)(H,28,29)(H2,27,35,36). The number of aromatic nitrogens is 2. The number of primary sulfonamides is 1. The molecule has 0 aliphatic heterocycles. The molecule has 0 atom stereocenters. The Hall–Kier alpha value is -4.95. The van der Waals surface area contributed by atoms with Crippen LogP contribution in [0.2, 0.25) is 0 Å². The Balaban J connectivity index is 2.01. The van der Waals surface area contributed by atoms with E-state index in [0.29, 0.717) is 21.5 Å². The van der Waals surface area contributed by atoms with Gasteiger partial charge in [0.25, 0.3) is 5.91 Å². The molecule has 0 aliphatic rings. The van der Waals surface area contributed by atoms with Gasteiger partial charge in [-0.2, -0.15) is 0 Å². The Morgan fingerprint density at radius 3 is 2.27 bits per heavy atom. The van der Waals surface area contributed by atoms with Crippen LogP contribution < -0.4 is 16.6 Å². The Morgan fingerprint density at radius 1 is 0.973 bits per heavy atom. The zero-order valence-corrected chi connectivity index (χ0v) is 20.0. The maximum absolute atomic E-state index is 13.0. The summed E-state index contributed by atoms with van der Waals surface area (Å²) in [5.74, 6) is -1.81. The number of nitrogens with two attached hydrogens (primary N) is 3. The maximum Gasteiger partial charge on any atom is 0.321 e. The van der Waals surface area contributed by atoms with Gasteiger partial charge in [0, 0.05) is 29.3 Å². The third kappa shape index (κ3) is 4.65. The highest BCUT2D eigenvalue weighted by Gasteiger charge is 2.24. The molecule has 190 valence electrons. The number of hydrogen-bond acceptors (Lipinski definition) is 8. The largest absolute Gasteiger partial charge is 0.507 e. The number of phenolic OH excluding ortho intramolecular Hbond substituents is 2. The van der Waals surface area contributed by atoms with Gasteiger partial charge in [-0.25, -0.2) is 23.3 Å². The molecule has 3 aromatic carbocycles. The summed E-state index contributed by atoms with van der Waals surface area (Å²) in [5.41, 5.74) is 11.7. The minimum Gasteiger partial charge on any atom is -0.507 e. The zero-order valence-electron chi connectivity index (χ0n) is 19.2. The number of amidine groups is 1. The molecule has 37 heavy (non-hydrogen) atoms. The van der Waals surface area contributed by atoms with Gasteiger partial charge in [0.1, 0.15) is 23.2 Å². The number of carbonyl (C=O) groups is 2. The van der Waals surface area contributed by atoms with Crippen LogP contribution in [0.15, 0.2) is 53.4 Å². The van der Waals surface area contributed by atoms with Gasteiger partial charge in [-0.3, -0.25) is 15.1 Å². The molecule has 14 heteroatoms. The second-order valence-corrected chi connectivity index (χ2v) is 9.64. The summed E-state index contributed by atoms with van der Waals surface area (Å²) in [7, 11) is -3.03. The molecule has 1 aromatic heterocycles. The summed E-state index contributed by atoms with van der Waals surface area (Å²) >= 11 is 0. The molecule has 0 bridgehead atoms. The van der Waals surface area contributed by atoms with Crippen molar-refractivity contribution in [2.45, 2.75) is 4.90 Å². The van der Waals surface area contributed by atoms with E-state index in [2.05, 4.69) is 9.97 Å². The molecular formula is C23H21N7O6S. The zero-order chi connectivity index (χ0) is 27.2. The molecule has 0 saturated carbocycles. The van der Waals surface area contributed by atoms with Crippen LogP contribution in [-0.2, 0) is 10.0 Å². The average molecular weight is 524 g/mol. The number of primary amides is 1. The van der Waals surface area contributed by atoms with Crippen molar-refractivity contribution in [2.75, 3.05) is 7.05 Å². The van der Waals surface area contributed by atoms with Crippen molar-refractivity contribution in [3.05, 3.63) is 59.7 Å². The van der Waals surface area contributed by atoms with Gasteiger partial charge in [-0.05, 0) is 48.5 Å². The van der Waals surface area contributed by atoms with Gasteiger partial charge in [0.05, 0.1) is 21.5 Å². The number of imide groups is 1. The first-order valence-electron chi connectivity index (χ1n) is 10.4. The lowest BCUT2D eigenvalue weighted by molar-refractivity contribution is 0.0838. The van der Waals surface area contributed by atoms with E-state index >= 15 is 0 Å². The number of nitrogens with one attached hydrogen (secondary N) is 2. The van der Waals surface area contributed by atoms with Crippen LogP contribution in [-0.4, -0.2) is 58.3 Å². The van der Waals surface area contributed by atoms with E-state index in [-0.39, 0.29) is 38.8 Å². The number of phenols is 2. The predicted octanol–water partition coefficient (Wildman–Crippen LogP) is 1.39. The number of urea groups is 1. The predicted molar refractivity (Wildman–Crippen MR) is 134 cm³/mol. The lowest BCUT2D eigenvalue weighted by atomic mass is 9.96. The number of rotatable bonds is 5. The number of aromatic hydroxyl groups is 2. The van der Waals surface area contributed by atoms with Gasteiger partial charge in [-0.15, -0.1) is 0 Å². The summed E-state index contributed by atoms with van der Waals surface area (Å²) < 4.78 is 23.8. The SMILES string of the molecule is CN(C(N)=O)C(=O)c1cc(-c2nc3ccc(C(=N)N)cc3[nH]2)c(O)c(-c2cc(S(N)(=O)=O)ccc2O)c1. The highest BCUT2D eigenvalue weighted by atomic mass is 32.2. The van der Waals surface area contributed by atoms with Crippen LogP contribution in [0.4, 0.5) is 4.79 Å². The lowest BCUT2D eigenvalue weighted by Gasteiger charge is -2.16. The third-order valence-electron chi connectivity index (χ3n) is 5.63. The number of aromatic amines is 1. The van der Waals surface area contributed by atoms with Crippen LogP contribution in [0, 0.1) is 5.41 Å². The number of imidazole rings is 1. The molecule has 0 unspecified atom stereocenters. The highest BCUT2D eigenvalue weighted by Crippen LogP contribution is 2.42. The molecule has 0 saturated heterocycles. The first-order chi connectivity index (χ1) is 17.3. The summed E-state index contributed by atoms with van der Waals surface area (Å²) in [4.78, 5) is 32.3. The minimum atomic E-state index is -4.18. The molecule has 13 nitrogen and oxygen atoms in total. The number of benzene rings is 3. The van der Waals surface area contributed by atoms with E-state index in [1.54, 1.807) is 18.2 Å². The molecule has 1 heterocycles. The molecule has 3 amide bonds. The Kier molecular flexibility index (Phi) is 6.07.